The molecule has 1 aromatic carbocycles. The van der Waals surface area contributed by atoms with Gasteiger partial charge in [-0.05, 0) is 18.9 Å². The Morgan fingerprint density at radius 2 is 2.08 bits per heavy atom. The van der Waals surface area contributed by atoms with Gasteiger partial charge in [-0.1, -0.05) is 18.2 Å². The van der Waals surface area contributed by atoms with E-state index in [1.165, 1.54) is 0 Å². The van der Waals surface area contributed by atoms with E-state index in [0.29, 0.717) is 32.7 Å². The van der Waals surface area contributed by atoms with Crippen LogP contribution in [0.25, 0.3) is 0 Å². The van der Waals surface area contributed by atoms with Crippen LogP contribution in [0, 0.1) is 5.92 Å². The summed E-state index contributed by atoms with van der Waals surface area (Å²) in [6.07, 6.45) is 2.03. The second-order valence-corrected chi connectivity index (χ2v) is 6.32. The van der Waals surface area contributed by atoms with E-state index in [4.69, 9.17) is 9.47 Å². The number of carbonyl (C=O) groups is 2. The standard InChI is InChI=1S/C18H24N2O4/c1-23-16-5-3-2-4-13(16)11-19-18(22)14-10-17(21)20(12-14)15-6-8-24-9-7-15/h2-5,14-15H,6-12H2,1H3,(H,19,22). The smallest absolute Gasteiger partial charge is 0.225 e. The Labute approximate surface area is 142 Å². The number of likely N-dealkylation sites (tertiary alicyclic amines) is 1. The quantitative estimate of drug-likeness (QED) is 0.883. The van der Waals surface area contributed by atoms with Crippen molar-refractivity contribution in [2.45, 2.75) is 31.8 Å². The van der Waals surface area contributed by atoms with E-state index in [-0.39, 0.29) is 23.8 Å². The Hall–Kier alpha value is -2.08. The number of ether oxygens (including phenoxy) is 2. The molecule has 130 valence electrons. The highest BCUT2D eigenvalue weighted by Crippen LogP contribution is 2.25. The van der Waals surface area contributed by atoms with Crippen molar-refractivity contribution in [1.29, 1.82) is 0 Å². The summed E-state index contributed by atoms with van der Waals surface area (Å²) in [5.74, 6) is 0.502. The van der Waals surface area contributed by atoms with Crippen LogP contribution in [0.5, 0.6) is 5.75 Å². The normalized spacial score (nSPS) is 21.8. The summed E-state index contributed by atoms with van der Waals surface area (Å²) in [5.41, 5.74) is 0.930. The summed E-state index contributed by atoms with van der Waals surface area (Å²) in [5, 5.41) is 2.94. The zero-order valence-electron chi connectivity index (χ0n) is 14.0. The molecule has 2 heterocycles. The third kappa shape index (κ3) is 3.70. The van der Waals surface area contributed by atoms with Gasteiger partial charge in [0.05, 0.1) is 13.0 Å². The number of rotatable bonds is 5. The molecule has 2 aliphatic heterocycles. The van der Waals surface area contributed by atoms with E-state index < -0.39 is 0 Å². The van der Waals surface area contributed by atoms with Crippen LogP contribution >= 0.6 is 0 Å². The summed E-state index contributed by atoms with van der Waals surface area (Å²) in [7, 11) is 1.61. The fourth-order valence-electron chi connectivity index (χ4n) is 3.43. The zero-order chi connectivity index (χ0) is 16.9. The molecule has 0 aliphatic carbocycles. The Balaban J connectivity index is 1.55. The van der Waals surface area contributed by atoms with Crippen LogP contribution in [0.3, 0.4) is 0 Å². The van der Waals surface area contributed by atoms with E-state index in [1.54, 1.807) is 7.11 Å². The number of para-hydroxylation sites is 1. The molecule has 2 aliphatic rings. The van der Waals surface area contributed by atoms with Gasteiger partial charge in [0.2, 0.25) is 11.8 Å². The molecule has 1 atom stereocenters. The Kier molecular flexibility index (Phi) is 5.35. The maximum absolute atomic E-state index is 12.4. The Bertz CT molecular complexity index is 598. The Morgan fingerprint density at radius 1 is 1.33 bits per heavy atom. The first-order chi connectivity index (χ1) is 11.7. The molecular formula is C18H24N2O4. The third-order valence-electron chi connectivity index (χ3n) is 4.81. The molecule has 3 rings (SSSR count). The Morgan fingerprint density at radius 3 is 2.83 bits per heavy atom. The highest BCUT2D eigenvalue weighted by Gasteiger charge is 2.38. The van der Waals surface area contributed by atoms with Gasteiger partial charge < -0.3 is 19.7 Å². The van der Waals surface area contributed by atoms with Gasteiger partial charge in [0.25, 0.3) is 0 Å². The minimum atomic E-state index is -0.268. The van der Waals surface area contributed by atoms with Gasteiger partial charge in [-0.25, -0.2) is 0 Å². The number of amides is 2. The van der Waals surface area contributed by atoms with Crippen LogP contribution in [-0.4, -0.2) is 49.6 Å². The van der Waals surface area contributed by atoms with Gasteiger partial charge in [-0.3, -0.25) is 9.59 Å². The largest absolute Gasteiger partial charge is 0.496 e. The molecule has 1 N–H and O–H groups in total. The summed E-state index contributed by atoms with van der Waals surface area (Å²) in [6, 6.07) is 7.82. The van der Waals surface area contributed by atoms with Crippen LogP contribution in [0.4, 0.5) is 0 Å². The molecule has 0 radical (unpaired) electrons. The summed E-state index contributed by atoms with van der Waals surface area (Å²) in [6.45, 7) is 2.31. The van der Waals surface area contributed by atoms with Crippen LogP contribution in [-0.2, 0) is 20.9 Å². The van der Waals surface area contributed by atoms with E-state index in [0.717, 1.165) is 24.2 Å². The zero-order valence-corrected chi connectivity index (χ0v) is 14.0. The second kappa shape index (κ2) is 7.66. The van der Waals surface area contributed by atoms with Gasteiger partial charge >= 0.3 is 0 Å². The molecule has 2 saturated heterocycles. The molecule has 2 amide bonds. The summed E-state index contributed by atoms with van der Waals surface area (Å²) < 4.78 is 10.6. The number of nitrogens with zero attached hydrogens (tertiary/aromatic N) is 1. The van der Waals surface area contributed by atoms with Crippen molar-refractivity contribution in [2.24, 2.45) is 5.92 Å². The third-order valence-corrected chi connectivity index (χ3v) is 4.81. The van der Waals surface area contributed by atoms with E-state index in [9.17, 15) is 9.59 Å². The number of methoxy groups -OCH3 is 1. The van der Waals surface area contributed by atoms with Crippen LogP contribution in [0.15, 0.2) is 24.3 Å². The summed E-state index contributed by atoms with van der Waals surface area (Å²) in [4.78, 5) is 26.6. The molecule has 24 heavy (non-hydrogen) atoms. The number of hydrogen-bond acceptors (Lipinski definition) is 4. The lowest BCUT2D eigenvalue weighted by molar-refractivity contribution is -0.131. The SMILES string of the molecule is COc1ccccc1CNC(=O)C1CC(=O)N(C2CCOCC2)C1. The van der Waals surface area contributed by atoms with Gasteiger partial charge in [0.15, 0.2) is 0 Å². The van der Waals surface area contributed by atoms with Gasteiger partial charge in [0, 0.05) is 44.3 Å². The van der Waals surface area contributed by atoms with Crippen molar-refractivity contribution in [3.8, 4) is 5.75 Å². The minimum absolute atomic E-state index is 0.0659. The van der Waals surface area contributed by atoms with Crippen molar-refractivity contribution in [3.05, 3.63) is 29.8 Å². The van der Waals surface area contributed by atoms with E-state index in [2.05, 4.69) is 5.32 Å². The first-order valence-corrected chi connectivity index (χ1v) is 8.46. The fourth-order valence-corrected chi connectivity index (χ4v) is 3.43. The van der Waals surface area contributed by atoms with Crippen LogP contribution in [0.2, 0.25) is 0 Å². The van der Waals surface area contributed by atoms with Crippen molar-refractivity contribution in [2.75, 3.05) is 26.9 Å². The summed E-state index contributed by atoms with van der Waals surface area (Å²) >= 11 is 0. The van der Waals surface area contributed by atoms with Gasteiger partial charge in [-0.15, -0.1) is 0 Å². The van der Waals surface area contributed by atoms with Crippen molar-refractivity contribution < 1.29 is 19.1 Å². The predicted octanol–water partition coefficient (Wildman–Crippen LogP) is 1.34. The molecule has 0 aromatic heterocycles. The predicted molar refractivity (Wildman–Crippen MR) is 88.5 cm³/mol. The highest BCUT2D eigenvalue weighted by molar-refractivity contribution is 5.89. The molecule has 1 aromatic rings. The molecule has 2 fully saturated rings. The molecule has 6 heteroatoms. The van der Waals surface area contributed by atoms with Crippen LogP contribution in [0.1, 0.15) is 24.8 Å². The molecular weight excluding hydrogens is 308 g/mol. The molecule has 1 unspecified atom stereocenters. The number of hydrogen-bond donors (Lipinski definition) is 1. The monoisotopic (exact) mass is 332 g/mol. The lowest BCUT2D eigenvalue weighted by Crippen LogP contribution is -2.41. The van der Waals surface area contributed by atoms with Crippen molar-refractivity contribution >= 4 is 11.8 Å². The van der Waals surface area contributed by atoms with Crippen LogP contribution < -0.4 is 10.1 Å². The maximum Gasteiger partial charge on any atom is 0.225 e. The topological polar surface area (TPSA) is 67.9 Å². The van der Waals surface area contributed by atoms with Gasteiger partial charge in [-0.2, -0.15) is 0 Å². The van der Waals surface area contributed by atoms with E-state index in [1.807, 2.05) is 29.2 Å². The van der Waals surface area contributed by atoms with Gasteiger partial charge in [0.1, 0.15) is 5.75 Å². The number of carbonyl (C=O) groups excluding carboxylic acids is 2. The average Bonchev–Trinajstić information content (AvgIpc) is 3.02. The molecule has 0 spiro atoms. The maximum atomic E-state index is 12.4. The number of benzene rings is 1. The first-order valence-electron chi connectivity index (χ1n) is 8.46. The molecule has 0 bridgehead atoms. The van der Waals surface area contributed by atoms with Crippen molar-refractivity contribution in [3.63, 3.8) is 0 Å². The lowest BCUT2D eigenvalue weighted by Gasteiger charge is -2.31. The number of nitrogens with one attached hydrogen (secondary N) is 1. The van der Waals surface area contributed by atoms with Crippen molar-refractivity contribution in [1.82, 2.24) is 10.2 Å². The lowest BCUT2D eigenvalue weighted by atomic mass is 10.1. The second-order valence-electron chi connectivity index (χ2n) is 6.32. The highest BCUT2D eigenvalue weighted by atomic mass is 16.5. The van der Waals surface area contributed by atoms with E-state index >= 15 is 0 Å². The fraction of sp³-hybridized carbons (Fsp3) is 0.556. The minimum Gasteiger partial charge on any atom is -0.496 e. The molecule has 6 nitrogen and oxygen atoms in total. The molecule has 0 saturated carbocycles. The first kappa shape index (κ1) is 16.8. The average molecular weight is 332 g/mol.